The van der Waals surface area contributed by atoms with Gasteiger partial charge in [-0.25, -0.2) is 0 Å². The molecular weight excluding hydrogens is 469 g/mol. The molecule has 9 heteroatoms. The molecule has 2 aliphatic heterocycles. The molecule has 5 rings (SSSR count). The van der Waals surface area contributed by atoms with E-state index in [9.17, 15) is 22.8 Å². The molecule has 36 heavy (non-hydrogen) atoms. The number of rotatable bonds is 3. The molecule has 0 bridgehead atoms. The summed E-state index contributed by atoms with van der Waals surface area (Å²) in [6.45, 7) is 4.90. The van der Waals surface area contributed by atoms with Gasteiger partial charge in [-0.05, 0) is 50.5 Å². The first kappa shape index (κ1) is 24.2. The lowest BCUT2D eigenvalue weighted by Gasteiger charge is -2.51. The molecule has 0 radical (unpaired) electrons. The number of likely N-dealkylation sites (tertiary alicyclic amines) is 1. The van der Waals surface area contributed by atoms with Crippen molar-refractivity contribution >= 4 is 11.7 Å². The fraction of sp³-hybridized carbons (Fsp3) is 0.370. The van der Waals surface area contributed by atoms with E-state index in [-0.39, 0.29) is 18.1 Å². The van der Waals surface area contributed by atoms with Crippen LogP contribution >= 0.6 is 0 Å². The van der Waals surface area contributed by atoms with Crippen molar-refractivity contribution < 1.29 is 22.8 Å². The lowest BCUT2D eigenvalue weighted by atomic mass is 9.79. The third kappa shape index (κ3) is 4.32. The molecule has 2 aromatic heterocycles. The second-order valence-corrected chi connectivity index (χ2v) is 10.2. The third-order valence-corrected chi connectivity index (χ3v) is 7.09. The summed E-state index contributed by atoms with van der Waals surface area (Å²) in [6, 6.07) is 16.2. The number of nitrogens with one attached hydrogen (secondary N) is 1. The number of nitrogens with zero attached hydrogens (tertiary/aromatic N) is 3. The molecule has 1 amide bonds. The summed E-state index contributed by atoms with van der Waals surface area (Å²) in [5.41, 5.74) is 1.44. The SMILES string of the molecule is CC1(C)Cn2c(C(=O)C(F)(F)F)ccc2C2(CCN(C(=O)c3ccc(-c4ccccc4)cn3)CC2)N1. The monoisotopic (exact) mass is 496 g/mol. The highest BCUT2D eigenvalue weighted by Crippen LogP contribution is 2.41. The number of benzene rings is 1. The van der Waals surface area contributed by atoms with Crippen LogP contribution in [0.5, 0.6) is 0 Å². The Morgan fingerprint density at radius 2 is 1.64 bits per heavy atom. The number of aromatic nitrogens is 2. The van der Waals surface area contributed by atoms with Crippen LogP contribution in [-0.4, -0.2) is 50.9 Å². The van der Waals surface area contributed by atoms with Crippen LogP contribution < -0.4 is 5.32 Å². The van der Waals surface area contributed by atoms with E-state index in [1.807, 2.05) is 50.2 Å². The number of Topliss-reactive ketones (excluding diaryl/α,β-unsaturated/α-hetero) is 1. The van der Waals surface area contributed by atoms with Crippen LogP contribution in [0.4, 0.5) is 13.2 Å². The summed E-state index contributed by atoms with van der Waals surface area (Å²) in [7, 11) is 0. The maximum atomic E-state index is 13.2. The molecule has 4 heterocycles. The first-order valence-electron chi connectivity index (χ1n) is 11.9. The molecule has 2 aliphatic rings. The number of amides is 1. The summed E-state index contributed by atoms with van der Waals surface area (Å²) in [5, 5.41) is 3.61. The van der Waals surface area contributed by atoms with Gasteiger partial charge in [-0.15, -0.1) is 0 Å². The topological polar surface area (TPSA) is 67.2 Å². The van der Waals surface area contributed by atoms with Crippen molar-refractivity contribution in [1.29, 1.82) is 0 Å². The Morgan fingerprint density at radius 1 is 0.944 bits per heavy atom. The number of ketones is 1. The van der Waals surface area contributed by atoms with Crippen molar-refractivity contribution in [1.82, 2.24) is 19.8 Å². The number of alkyl halides is 3. The number of pyridine rings is 1. The first-order chi connectivity index (χ1) is 17.0. The van der Waals surface area contributed by atoms with Gasteiger partial charge in [-0.2, -0.15) is 13.2 Å². The Balaban J connectivity index is 1.35. The zero-order valence-electron chi connectivity index (χ0n) is 20.1. The van der Waals surface area contributed by atoms with E-state index >= 15 is 0 Å². The summed E-state index contributed by atoms with van der Waals surface area (Å²) in [6.07, 6.45) is -2.23. The van der Waals surface area contributed by atoms with Gasteiger partial charge in [0, 0.05) is 42.6 Å². The minimum absolute atomic E-state index is 0.178. The van der Waals surface area contributed by atoms with E-state index in [0.717, 1.165) is 11.1 Å². The number of carbonyl (C=O) groups is 2. The normalized spacial score (nSPS) is 18.6. The van der Waals surface area contributed by atoms with Crippen LogP contribution in [0.2, 0.25) is 0 Å². The van der Waals surface area contributed by atoms with E-state index in [2.05, 4.69) is 10.3 Å². The van der Waals surface area contributed by atoms with Crippen molar-refractivity contribution in [2.24, 2.45) is 0 Å². The number of fused-ring (bicyclic) bond motifs is 2. The molecule has 1 N–H and O–H groups in total. The Hall–Kier alpha value is -3.46. The van der Waals surface area contributed by atoms with Gasteiger partial charge in [-0.3, -0.25) is 19.9 Å². The van der Waals surface area contributed by atoms with E-state index in [4.69, 9.17) is 0 Å². The summed E-state index contributed by atoms with van der Waals surface area (Å²) >= 11 is 0. The van der Waals surface area contributed by atoms with Crippen molar-refractivity contribution in [3.8, 4) is 11.1 Å². The average Bonchev–Trinajstić information content (AvgIpc) is 3.27. The minimum atomic E-state index is -4.93. The van der Waals surface area contributed by atoms with Gasteiger partial charge in [0.2, 0.25) is 0 Å². The van der Waals surface area contributed by atoms with Gasteiger partial charge in [0.1, 0.15) is 5.69 Å². The average molecular weight is 497 g/mol. The van der Waals surface area contributed by atoms with E-state index in [1.54, 1.807) is 23.2 Å². The molecule has 1 saturated heterocycles. The standard InChI is InChI=1S/C27H27F3N4O2/c1-25(2)17-34-21(23(35)27(28,29)30)10-11-22(34)26(32-25)12-14-33(15-13-26)24(36)20-9-8-19(16-31-20)18-6-4-3-5-7-18/h3-11,16,32H,12-15,17H2,1-2H3. The molecule has 0 aliphatic carbocycles. The fourth-order valence-corrected chi connectivity index (χ4v) is 5.50. The number of piperidine rings is 1. The third-order valence-electron chi connectivity index (χ3n) is 7.09. The molecule has 0 saturated carbocycles. The van der Waals surface area contributed by atoms with Crippen LogP contribution in [0.15, 0.2) is 60.8 Å². The summed E-state index contributed by atoms with van der Waals surface area (Å²) in [5.74, 6) is -2.01. The van der Waals surface area contributed by atoms with Crippen LogP contribution in [0.1, 0.15) is 53.4 Å². The summed E-state index contributed by atoms with van der Waals surface area (Å²) in [4.78, 5) is 31.3. The van der Waals surface area contributed by atoms with Crippen molar-refractivity contribution in [3.63, 3.8) is 0 Å². The molecule has 6 nitrogen and oxygen atoms in total. The Bertz CT molecular complexity index is 1290. The Labute approximate surface area is 207 Å². The first-order valence-corrected chi connectivity index (χ1v) is 11.9. The van der Waals surface area contributed by atoms with Crippen LogP contribution in [-0.2, 0) is 12.1 Å². The summed E-state index contributed by atoms with van der Waals surface area (Å²) < 4.78 is 41.1. The highest BCUT2D eigenvalue weighted by atomic mass is 19.4. The maximum Gasteiger partial charge on any atom is 0.456 e. The van der Waals surface area contributed by atoms with Crippen LogP contribution in [0.3, 0.4) is 0 Å². The second-order valence-electron chi connectivity index (χ2n) is 10.2. The Kier molecular flexibility index (Phi) is 5.78. The van der Waals surface area contributed by atoms with E-state index < -0.39 is 23.0 Å². The van der Waals surface area contributed by atoms with Gasteiger partial charge in [0.25, 0.3) is 11.7 Å². The van der Waals surface area contributed by atoms with Gasteiger partial charge < -0.3 is 9.47 Å². The maximum absolute atomic E-state index is 13.2. The number of carbonyl (C=O) groups excluding carboxylic acids is 2. The molecule has 0 atom stereocenters. The predicted octanol–water partition coefficient (Wildman–Crippen LogP) is 4.81. The second kappa shape index (κ2) is 8.58. The van der Waals surface area contributed by atoms with Crippen molar-refractivity contribution in [3.05, 3.63) is 77.9 Å². The van der Waals surface area contributed by atoms with Gasteiger partial charge in [0.15, 0.2) is 0 Å². The number of hydrogen-bond acceptors (Lipinski definition) is 4. The molecular formula is C27H27F3N4O2. The van der Waals surface area contributed by atoms with Gasteiger partial charge >= 0.3 is 6.18 Å². The van der Waals surface area contributed by atoms with E-state index in [0.29, 0.717) is 37.3 Å². The van der Waals surface area contributed by atoms with E-state index in [1.165, 1.54) is 10.6 Å². The zero-order valence-corrected chi connectivity index (χ0v) is 20.1. The fourth-order valence-electron chi connectivity index (χ4n) is 5.50. The smallest absolute Gasteiger partial charge is 0.338 e. The van der Waals surface area contributed by atoms with Gasteiger partial charge in [-0.1, -0.05) is 36.4 Å². The number of halogens is 3. The van der Waals surface area contributed by atoms with Crippen molar-refractivity contribution in [2.45, 2.75) is 50.5 Å². The number of hydrogen-bond donors (Lipinski definition) is 1. The van der Waals surface area contributed by atoms with Gasteiger partial charge in [0.05, 0.1) is 11.2 Å². The molecule has 1 aromatic carbocycles. The zero-order chi connectivity index (χ0) is 25.7. The highest BCUT2D eigenvalue weighted by molar-refractivity contribution is 5.99. The molecule has 0 unspecified atom stereocenters. The van der Waals surface area contributed by atoms with Crippen molar-refractivity contribution in [2.75, 3.05) is 13.1 Å². The highest BCUT2D eigenvalue weighted by Gasteiger charge is 2.49. The quantitative estimate of drug-likeness (QED) is 0.529. The lowest BCUT2D eigenvalue weighted by molar-refractivity contribution is -0.0892. The van der Waals surface area contributed by atoms with Crippen LogP contribution in [0.25, 0.3) is 11.1 Å². The molecule has 1 spiro atoms. The van der Waals surface area contributed by atoms with Crippen LogP contribution in [0, 0.1) is 0 Å². The lowest BCUT2D eigenvalue weighted by Crippen LogP contribution is -2.63. The largest absolute Gasteiger partial charge is 0.456 e. The molecule has 3 aromatic rings. The predicted molar refractivity (Wildman–Crippen MR) is 129 cm³/mol. The molecule has 1 fully saturated rings. The minimum Gasteiger partial charge on any atom is -0.338 e. The molecule has 188 valence electrons. The Morgan fingerprint density at radius 3 is 2.25 bits per heavy atom.